The lowest BCUT2D eigenvalue weighted by Gasteiger charge is -2.13. The third-order valence-electron chi connectivity index (χ3n) is 2.89. The van der Waals surface area contributed by atoms with Crippen LogP contribution in [0.2, 0.25) is 0 Å². The lowest BCUT2D eigenvalue weighted by molar-refractivity contribution is -0.124. The Hall–Kier alpha value is -1.89. The summed E-state index contributed by atoms with van der Waals surface area (Å²) in [5, 5.41) is 2.32. The molecule has 1 aliphatic heterocycles. The Morgan fingerprint density at radius 3 is 2.80 bits per heavy atom. The van der Waals surface area contributed by atoms with E-state index in [0.29, 0.717) is 11.1 Å². The SMILES string of the molecule is Cc1cc(F)ccc1C(=O)NCCN1C(=O)CSC1=O. The lowest BCUT2D eigenvalue weighted by Crippen LogP contribution is -2.37. The van der Waals surface area contributed by atoms with E-state index in [9.17, 15) is 18.8 Å². The van der Waals surface area contributed by atoms with Crippen molar-refractivity contribution < 1.29 is 18.8 Å². The van der Waals surface area contributed by atoms with Gasteiger partial charge in [-0.15, -0.1) is 0 Å². The fourth-order valence-corrected chi connectivity index (χ4v) is 2.61. The molecule has 3 amide bonds. The molecule has 7 heteroatoms. The Labute approximate surface area is 119 Å². The molecule has 5 nitrogen and oxygen atoms in total. The monoisotopic (exact) mass is 296 g/mol. The second-order valence-electron chi connectivity index (χ2n) is 4.32. The normalized spacial score (nSPS) is 14.8. The molecule has 0 spiro atoms. The molecule has 0 saturated carbocycles. The maximum absolute atomic E-state index is 12.9. The predicted molar refractivity (Wildman–Crippen MR) is 73.0 cm³/mol. The van der Waals surface area contributed by atoms with E-state index in [2.05, 4.69) is 5.32 Å². The number of rotatable bonds is 4. The summed E-state index contributed by atoms with van der Waals surface area (Å²) in [5.41, 5.74) is 0.909. The third kappa shape index (κ3) is 3.16. The number of hydrogen-bond donors (Lipinski definition) is 1. The number of amides is 3. The first kappa shape index (κ1) is 14.5. The summed E-state index contributed by atoms with van der Waals surface area (Å²) in [5.74, 6) is -0.838. The summed E-state index contributed by atoms with van der Waals surface area (Å²) in [6.07, 6.45) is 0. The van der Waals surface area contributed by atoms with Gasteiger partial charge in [-0.05, 0) is 30.7 Å². The Morgan fingerprint density at radius 1 is 1.45 bits per heavy atom. The van der Waals surface area contributed by atoms with E-state index >= 15 is 0 Å². The van der Waals surface area contributed by atoms with Gasteiger partial charge in [-0.3, -0.25) is 19.3 Å². The molecule has 20 heavy (non-hydrogen) atoms. The number of benzene rings is 1. The first-order chi connectivity index (χ1) is 9.49. The highest BCUT2D eigenvalue weighted by Crippen LogP contribution is 2.17. The number of aryl methyl sites for hydroxylation is 1. The highest BCUT2D eigenvalue weighted by molar-refractivity contribution is 8.14. The maximum atomic E-state index is 12.9. The van der Waals surface area contributed by atoms with Crippen LogP contribution in [-0.2, 0) is 4.79 Å². The molecule has 1 heterocycles. The van der Waals surface area contributed by atoms with Crippen molar-refractivity contribution in [1.82, 2.24) is 10.2 Å². The average Bonchev–Trinajstić information content (AvgIpc) is 2.70. The van der Waals surface area contributed by atoms with Crippen LogP contribution >= 0.6 is 11.8 Å². The topological polar surface area (TPSA) is 66.5 Å². The molecule has 1 aromatic carbocycles. The van der Waals surface area contributed by atoms with Gasteiger partial charge in [0.2, 0.25) is 5.91 Å². The van der Waals surface area contributed by atoms with Crippen molar-refractivity contribution >= 4 is 28.8 Å². The van der Waals surface area contributed by atoms with Crippen molar-refractivity contribution in [3.63, 3.8) is 0 Å². The smallest absolute Gasteiger partial charge is 0.288 e. The highest BCUT2D eigenvalue weighted by atomic mass is 32.2. The molecular weight excluding hydrogens is 283 g/mol. The number of thioether (sulfide) groups is 1. The summed E-state index contributed by atoms with van der Waals surface area (Å²) in [6.45, 7) is 1.96. The predicted octanol–water partition coefficient (Wildman–Crippen LogP) is 1.56. The summed E-state index contributed by atoms with van der Waals surface area (Å²) < 4.78 is 12.9. The standard InChI is InChI=1S/C13H13FN2O3S/c1-8-6-9(14)2-3-10(8)12(18)15-4-5-16-11(17)7-20-13(16)19/h2-3,6H,4-5,7H2,1H3,(H,15,18). The average molecular weight is 296 g/mol. The van der Waals surface area contributed by atoms with Crippen molar-refractivity contribution in [2.75, 3.05) is 18.8 Å². The van der Waals surface area contributed by atoms with Gasteiger partial charge >= 0.3 is 0 Å². The number of imide groups is 1. The number of nitrogens with zero attached hydrogens (tertiary/aromatic N) is 1. The Kier molecular flexibility index (Phi) is 4.39. The number of nitrogens with one attached hydrogen (secondary N) is 1. The van der Waals surface area contributed by atoms with Gasteiger partial charge in [0.1, 0.15) is 5.82 Å². The van der Waals surface area contributed by atoms with Gasteiger partial charge in [0.15, 0.2) is 0 Å². The van der Waals surface area contributed by atoms with Gasteiger partial charge in [-0.1, -0.05) is 11.8 Å². The van der Waals surface area contributed by atoms with E-state index in [4.69, 9.17) is 0 Å². The fraction of sp³-hybridized carbons (Fsp3) is 0.308. The minimum absolute atomic E-state index is 0.149. The second kappa shape index (κ2) is 6.04. The number of hydrogen-bond acceptors (Lipinski definition) is 4. The maximum Gasteiger partial charge on any atom is 0.288 e. The Bertz CT molecular complexity index is 561. The molecule has 2 rings (SSSR count). The van der Waals surface area contributed by atoms with Gasteiger partial charge in [-0.25, -0.2) is 4.39 Å². The second-order valence-corrected chi connectivity index (χ2v) is 5.24. The molecule has 1 N–H and O–H groups in total. The number of carbonyl (C=O) groups is 3. The van der Waals surface area contributed by atoms with Gasteiger partial charge in [0.25, 0.3) is 11.1 Å². The van der Waals surface area contributed by atoms with Crippen molar-refractivity contribution in [3.8, 4) is 0 Å². The molecule has 0 bridgehead atoms. The van der Waals surface area contributed by atoms with Crippen LogP contribution in [0.15, 0.2) is 18.2 Å². The first-order valence-corrected chi connectivity index (χ1v) is 6.99. The van der Waals surface area contributed by atoms with E-state index in [-0.39, 0.29) is 35.9 Å². The van der Waals surface area contributed by atoms with Gasteiger partial charge < -0.3 is 5.32 Å². The zero-order chi connectivity index (χ0) is 14.7. The summed E-state index contributed by atoms with van der Waals surface area (Å²) in [4.78, 5) is 35.7. The lowest BCUT2D eigenvalue weighted by atomic mass is 10.1. The largest absolute Gasteiger partial charge is 0.350 e. The zero-order valence-electron chi connectivity index (χ0n) is 10.8. The Morgan fingerprint density at radius 2 is 2.20 bits per heavy atom. The van der Waals surface area contributed by atoms with E-state index in [1.165, 1.54) is 18.2 Å². The fourth-order valence-electron chi connectivity index (χ4n) is 1.86. The molecule has 0 radical (unpaired) electrons. The quantitative estimate of drug-likeness (QED) is 0.915. The van der Waals surface area contributed by atoms with Crippen LogP contribution in [-0.4, -0.2) is 40.8 Å². The molecule has 1 fully saturated rings. The van der Waals surface area contributed by atoms with Crippen LogP contribution in [0, 0.1) is 12.7 Å². The van der Waals surface area contributed by atoms with Crippen LogP contribution in [0.1, 0.15) is 15.9 Å². The zero-order valence-corrected chi connectivity index (χ0v) is 11.6. The summed E-state index contributed by atoms with van der Waals surface area (Å²) >= 11 is 0.956. The molecule has 0 unspecified atom stereocenters. The minimum Gasteiger partial charge on any atom is -0.350 e. The molecule has 0 aliphatic carbocycles. The van der Waals surface area contributed by atoms with Crippen molar-refractivity contribution in [2.45, 2.75) is 6.92 Å². The minimum atomic E-state index is -0.399. The molecular formula is C13H13FN2O3S. The van der Waals surface area contributed by atoms with Crippen molar-refractivity contribution in [2.24, 2.45) is 0 Å². The molecule has 0 aromatic heterocycles. The van der Waals surface area contributed by atoms with Gasteiger partial charge in [0, 0.05) is 18.7 Å². The van der Waals surface area contributed by atoms with E-state index < -0.39 is 5.82 Å². The molecule has 0 atom stereocenters. The first-order valence-electron chi connectivity index (χ1n) is 6.00. The number of halogens is 1. The van der Waals surface area contributed by atoms with Crippen molar-refractivity contribution in [1.29, 1.82) is 0 Å². The summed E-state index contributed by atoms with van der Waals surface area (Å²) in [6, 6.07) is 3.90. The van der Waals surface area contributed by atoms with Crippen LogP contribution in [0.5, 0.6) is 0 Å². The van der Waals surface area contributed by atoms with Gasteiger partial charge in [-0.2, -0.15) is 0 Å². The molecule has 1 saturated heterocycles. The van der Waals surface area contributed by atoms with Gasteiger partial charge in [0.05, 0.1) is 5.75 Å². The molecule has 1 aromatic rings. The van der Waals surface area contributed by atoms with Crippen molar-refractivity contribution in [3.05, 3.63) is 35.1 Å². The molecule has 1 aliphatic rings. The Balaban J connectivity index is 1.89. The van der Waals surface area contributed by atoms with E-state index in [0.717, 1.165) is 16.7 Å². The van der Waals surface area contributed by atoms with Crippen LogP contribution in [0.4, 0.5) is 9.18 Å². The van der Waals surface area contributed by atoms with E-state index in [1.807, 2.05) is 0 Å². The van der Waals surface area contributed by atoms with Crippen LogP contribution in [0.25, 0.3) is 0 Å². The van der Waals surface area contributed by atoms with Crippen LogP contribution < -0.4 is 5.32 Å². The summed E-state index contributed by atoms with van der Waals surface area (Å²) in [7, 11) is 0. The highest BCUT2D eigenvalue weighted by Gasteiger charge is 2.29. The third-order valence-corrected chi connectivity index (χ3v) is 3.75. The van der Waals surface area contributed by atoms with Crippen LogP contribution in [0.3, 0.4) is 0 Å². The molecule has 106 valence electrons. The number of carbonyl (C=O) groups excluding carboxylic acids is 3. The van der Waals surface area contributed by atoms with E-state index in [1.54, 1.807) is 6.92 Å².